The van der Waals surface area contributed by atoms with Crippen LogP contribution >= 0.6 is 11.6 Å². The number of benzene rings is 8. The van der Waals surface area contributed by atoms with Crippen LogP contribution in [0.25, 0.3) is 132 Å². The maximum absolute atomic E-state index is 13.5. The molecule has 9 heterocycles. The summed E-state index contributed by atoms with van der Waals surface area (Å²) in [6.07, 6.45) is -2.86. The number of fused-ring (bicyclic) bond motifs is 8. The Bertz CT molecular complexity index is 8030. The van der Waals surface area contributed by atoms with Gasteiger partial charge in [-0.15, -0.1) is 11.6 Å². The molecule has 742 valence electrons. The van der Waals surface area contributed by atoms with E-state index in [9.17, 15) is 60.0 Å². The van der Waals surface area contributed by atoms with Gasteiger partial charge < -0.3 is 69.9 Å². The van der Waals surface area contributed by atoms with Crippen molar-refractivity contribution >= 4 is 149 Å². The first-order valence-electron chi connectivity index (χ1n) is 46.3. The summed E-state index contributed by atoms with van der Waals surface area (Å²) < 4.78 is 85.1. The molecule has 0 aliphatic carbocycles. The minimum atomic E-state index is -3.87. The molecule has 8 aromatic carbocycles. The summed E-state index contributed by atoms with van der Waals surface area (Å²) in [5, 5.41) is 19.2. The standard InChI is InChI=1S/C32H38N4O7S.C30H36N4O5.C23H21ClN2O3.C22H22N4O3S/c1-8-44(40,41)35(16-15-33-29(38)42-31(2,3)4)20-21-13-14-26-23(17-21)19-27(36(26)30(39)43-32(5,6)7)24-18-22-11-9-10-12-25(22)34-28(24)37;1-29(2,3)38-27(36)32-14-13-31-18-19-11-12-24-21(15-19)17-25(34(24)28(37)39-30(4,5)6)22-16-20-9-7-8-10-23(20)33-26(22)35;1-23(2,3)29-22(28)26-19-9-8-14(13-24)10-16(19)12-20(26)17-11-15-6-4-5-7-18(15)25-21(17)27;27-22-18(12-16-3-1-2-4-19(16)25-22)21-13-17-11-15(5-6-20(17)24-21)14-26-9-7-23-8-10-30(26,28)29/h8-14,17-19H,1,15-16,20H2,2-7H3,(H,33,38)(H,34,37);7-12,15-17,31H,13-14,18H2,1-6H3,(H,32,36)(H,33,35);4-12H,13H2,1-3H3,(H,25,27);1-6,11-13,23-24H,7-10,14H2,(H,25,27). The van der Waals surface area contributed by atoms with E-state index < -0.39 is 78.5 Å². The molecule has 2 amide bonds. The van der Waals surface area contributed by atoms with Gasteiger partial charge >= 0.3 is 30.5 Å². The first-order valence-corrected chi connectivity index (χ1v) is 50.0. The number of aromatic nitrogens is 8. The molecule has 17 rings (SSSR count). The second-order valence-electron chi connectivity index (χ2n) is 39.3. The lowest BCUT2D eigenvalue weighted by Crippen LogP contribution is -2.39. The van der Waals surface area contributed by atoms with E-state index in [1.54, 1.807) is 111 Å². The summed E-state index contributed by atoms with van der Waals surface area (Å²) in [6, 6.07) is 66.9. The third-order valence-electron chi connectivity index (χ3n) is 22.4. The number of alkyl halides is 1. The van der Waals surface area contributed by atoms with E-state index in [2.05, 4.69) is 52.8 Å². The fourth-order valence-electron chi connectivity index (χ4n) is 16.2. The summed E-state index contributed by atoms with van der Waals surface area (Å²) in [4.78, 5) is 130. The Kier molecular flexibility index (Phi) is 30.9. The highest BCUT2D eigenvalue weighted by atomic mass is 35.5. The SMILES string of the molecule is C=CS(=O)(=O)N(CCNC(=O)OC(C)(C)C)Cc1ccc2c(c1)cc(-c1cc3ccccc3[nH]c1=O)n2C(=O)OC(C)(C)C.CC(C)(C)OC(=O)NCCNCc1ccc2c(c1)cc(-c1cc3ccccc3[nH]c1=O)n2C(=O)OC(C)(C)C.CC(C)(C)OC(=O)n1c(-c2cc3ccccc3[nH]c2=O)cc2cc(CCl)ccc21.O=c1[nH]c2ccccc2cc1-c1cc2cc(CN3CCNCCS3(=O)=O)ccc2[nH]1. The van der Waals surface area contributed by atoms with E-state index in [0.29, 0.717) is 118 Å². The lowest BCUT2D eigenvalue weighted by molar-refractivity contribution is 0.0515. The van der Waals surface area contributed by atoms with Crippen LogP contribution in [0.3, 0.4) is 0 Å². The maximum Gasteiger partial charge on any atom is 0.419 e. The normalized spacial score (nSPS) is 13.2. The number of aromatic amines is 5. The molecule has 1 fully saturated rings. The molecular formula is C107H117ClN14O18S2. The lowest BCUT2D eigenvalue weighted by atomic mass is 10.1. The minimum absolute atomic E-state index is 0.00807. The van der Waals surface area contributed by atoms with E-state index >= 15 is 0 Å². The second-order valence-corrected chi connectivity index (χ2v) is 43.6. The number of nitrogens with zero attached hydrogens (tertiary/aromatic N) is 5. The first kappa shape index (κ1) is 103. The molecule has 0 bridgehead atoms. The van der Waals surface area contributed by atoms with E-state index in [1.807, 2.05) is 211 Å². The number of hydrogen-bond acceptors (Lipinski definition) is 20. The van der Waals surface area contributed by atoms with Crippen molar-refractivity contribution < 1.29 is 64.5 Å². The summed E-state index contributed by atoms with van der Waals surface area (Å²) in [6.45, 7) is 33.6. The topological polar surface area (TPSA) is 416 Å². The Morgan fingerprint density at radius 1 is 0.415 bits per heavy atom. The Hall–Kier alpha value is -14.5. The predicted molar refractivity (Wildman–Crippen MR) is 560 cm³/mol. The van der Waals surface area contributed by atoms with Crippen LogP contribution in [0.15, 0.2) is 250 Å². The van der Waals surface area contributed by atoms with Crippen molar-refractivity contribution in [1.29, 1.82) is 0 Å². The van der Waals surface area contributed by atoms with Crippen molar-refractivity contribution in [2.24, 2.45) is 0 Å². The molecule has 1 aliphatic heterocycles. The highest BCUT2D eigenvalue weighted by Gasteiger charge is 2.32. The van der Waals surface area contributed by atoms with Crippen LogP contribution in [0.4, 0.5) is 24.0 Å². The van der Waals surface area contributed by atoms with Crippen LogP contribution in [0, 0.1) is 0 Å². The number of pyridine rings is 4. The Labute approximate surface area is 825 Å². The first-order chi connectivity index (χ1) is 67.0. The summed E-state index contributed by atoms with van der Waals surface area (Å²) in [5.74, 6) is 0.480. The van der Waals surface area contributed by atoms with Crippen molar-refractivity contribution in [2.75, 3.05) is 51.6 Å². The van der Waals surface area contributed by atoms with Gasteiger partial charge in [0.2, 0.25) is 20.0 Å². The number of ether oxygens (including phenoxy) is 5. The quantitative estimate of drug-likeness (QED) is 0.0206. The zero-order valence-corrected chi connectivity index (χ0v) is 84.2. The van der Waals surface area contributed by atoms with Gasteiger partial charge in [-0.05, 0) is 269 Å². The van der Waals surface area contributed by atoms with Gasteiger partial charge in [0.25, 0.3) is 22.2 Å². The second kappa shape index (κ2) is 42.5. The van der Waals surface area contributed by atoms with E-state index in [1.165, 1.54) is 22.3 Å². The number of carbonyl (C=O) groups is 5. The molecule has 0 radical (unpaired) electrons. The van der Waals surface area contributed by atoms with Crippen molar-refractivity contribution in [3.63, 3.8) is 0 Å². The van der Waals surface area contributed by atoms with Gasteiger partial charge in [0.1, 0.15) is 28.0 Å². The Balaban J connectivity index is 0.000000152. The molecule has 9 N–H and O–H groups in total. The highest BCUT2D eigenvalue weighted by molar-refractivity contribution is 7.92. The zero-order valence-electron chi connectivity index (χ0n) is 81.8. The molecule has 1 saturated heterocycles. The largest absolute Gasteiger partial charge is 0.444 e. The van der Waals surface area contributed by atoms with Crippen molar-refractivity contribution in [3.05, 3.63) is 294 Å². The molecule has 142 heavy (non-hydrogen) atoms. The predicted octanol–water partition coefficient (Wildman–Crippen LogP) is 19.4. The number of amides is 2. The van der Waals surface area contributed by atoms with Gasteiger partial charge in [-0.25, -0.2) is 54.5 Å². The molecule has 0 atom stereocenters. The number of carbonyl (C=O) groups excluding carboxylic acids is 5. The fourth-order valence-corrected chi connectivity index (χ4v) is 18.6. The Morgan fingerprint density at radius 3 is 1.20 bits per heavy atom. The maximum atomic E-state index is 13.5. The van der Waals surface area contributed by atoms with Crippen molar-refractivity contribution in [2.45, 2.75) is 157 Å². The number of alkyl carbamates (subject to hydrolysis) is 2. The molecule has 8 aromatic heterocycles. The number of halogens is 1. The third kappa shape index (κ3) is 25.8. The van der Waals surface area contributed by atoms with Gasteiger partial charge in [-0.2, -0.15) is 8.61 Å². The van der Waals surface area contributed by atoms with Gasteiger partial charge in [0, 0.05) is 126 Å². The molecule has 0 saturated carbocycles. The van der Waals surface area contributed by atoms with E-state index in [4.69, 9.17) is 35.3 Å². The number of H-pyrrole nitrogens is 5. The van der Waals surface area contributed by atoms with Gasteiger partial charge in [-0.1, -0.05) is 104 Å². The van der Waals surface area contributed by atoms with Gasteiger partial charge in [0.15, 0.2) is 0 Å². The summed E-state index contributed by atoms with van der Waals surface area (Å²) in [5.41, 5.74) is 8.20. The van der Waals surface area contributed by atoms with Gasteiger partial charge in [0.05, 0.1) is 67.3 Å². The van der Waals surface area contributed by atoms with E-state index in [-0.39, 0.29) is 53.2 Å². The number of nitrogens with one attached hydrogen (secondary N) is 9. The van der Waals surface area contributed by atoms with Crippen LogP contribution in [0.2, 0.25) is 0 Å². The monoisotopic (exact) mass is 1980 g/mol. The van der Waals surface area contributed by atoms with Crippen LogP contribution in [0.1, 0.15) is 126 Å². The Morgan fingerprint density at radius 2 is 0.782 bits per heavy atom. The molecular weight excluding hydrogens is 1870 g/mol. The summed E-state index contributed by atoms with van der Waals surface area (Å²) >= 11 is 5.98. The lowest BCUT2D eigenvalue weighted by Gasteiger charge is -2.22. The van der Waals surface area contributed by atoms with E-state index in [0.717, 1.165) is 87.6 Å². The highest BCUT2D eigenvalue weighted by Crippen LogP contribution is 2.36. The smallest absolute Gasteiger partial charge is 0.419 e. The molecule has 35 heteroatoms. The van der Waals surface area contributed by atoms with Crippen molar-refractivity contribution in [3.8, 4) is 45.0 Å². The van der Waals surface area contributed by atoms with Crippen LogP contribution < -0.4 is 43.5 Å². The molecule has 0 unspecified atom stereocenters. The number of rotatable bonds is 19. The molecule has 32 nitrogen and oxygen atoms in total. The average Bonchev–Trinajstić information content (AvgIpc) is 1.61. The average molecular weight is 1990 g/mol. The van der Waals surface area contributed by atoms with Crippen molar-refractivity contribution in [1.82, 2.24) is 68.5 Å². The molecule has 1 aliphatic rings. The fraction of sp³-hybridized carbons (Fsp3) is 0.299. The molecule has 16 aromatic rings. The van der Waals surface area contributed by atoms with Crippen LogP contribution in [0.5, 0.6) is 0 Å². The van der Waals surface area contributed by atoms with Crippen LogP contribution in [-0.4, -0.2) is 174 Å². The van der Waals surface area contributed by atoms with Crippen LogP contribution in [-0.2, 0) is 69.2 Å². The number of sulfonamides is 2. The number of para-hydroxylation sites is 4. The zero-order chi connectivity index (χ0) is 102. The minimum Gasteiger partial charge on any atom is -0.444 e. The third-order valence-corrected chi connectivity index (χ3v) is 26.0. The number of hydrogen-bond donors (Lipinski definition) is 9. The van der Waals surface area contributed by atoms with Gasteiger partial charge in [-0.3, -0.25) is 19.2 Å². The summed E-state index contributed by atoms with van der Waals surface area (Å²) in [7, 11) is -7.13. The molecule has 0 spiro atoms.